The maximum absolute atomic E-state index is 9.60. The Morgan fingerprint density at radius 2 is 2.14 bits per heavy atom. The summed E-state index contributed by atoms with van der Waals surface area (Å²) in [6.45, 7) is -0.279. The Morgan fingerprint density at radius 3 is 2.14 bits per heavy atom. The molecule has 0 spiro atoms. The standard InChI is InChI=1S/CH6N2O3S/c2-1-3-7(4,5)6/h3H,1-2H2,(H,4,5,6). The minimum Gasteiger partial charge on any atom is -0.318 e. The third kappa shape index (κ3) is 5.83. The first-order chi connectivity index (χ1) is 3.06. The zero-order valence-electron chi connectivity index (χ0n) is 3.46. The van der Waals surface area contributed by atoms with Crippen LogP contribution in [-0.4, -0.2) is 19.6 Å². The van der Waals surface area contributed by atoms with E-state index in [1.54, 1.807) is 4.72 Å². The van der Waals surface area contributed by atoms with Gasteiger partial charge in [0.05, 0.1) is 6.67 Å². The van der Waals surface area contributed by atoms with E-state index in [-0.39, 0.29) is 6.67 Å². The van der Waals surface area contributed by atoms with Gasteiger partial charge in [0.15, 0.2) is 0 Å². The molecule has 7 heavy (non-hydrogen) atoms. The normalized spacial score (nSPS) is 11.7. The van der Waals surface area contributed by atoms with Gasteiger partial charge in [-0.25, -0.2) is 0 Å². The maximum Gasteiger partial charge on any atom is 0.334 e. The van der Waals surface area contributed by atoms with Crippen LogP contribution in [0.15, 0.2) is 0 Å². The lowest BCUT2D eigenvalue weighted by Gasteiger charge is -1.90. The average Bonchev–Trinajstić information content (AvgIpc) is 1.30. The second-order valence-corrected chi connectivity index (χ2v) is 2.06. The first kappa shape index (κ1) is 6.83. The molecule has 0 aliphatic carbocycles. The molecule has 44 valence electrons. The Kier molecular flexibility index (Phi) is 2.16. The van der Waals surface area contributed by atoms with Crippen LogP contribution in [0.4, 0.5) is 0 Å². The molecule has 0 aromatic heterocycles. The Balaban J connectivity index is 3.60. The summed E-state index contributed by atoms with van der Waals surface area (Å²) in [7, 11) is -4.05. The molecule has 0 amide bonds. The molecule has 0 aliphatic rings. The van der Waals surface area contributed by atoms with Gasteiger partial charge in [0.1, 0.15) is 0 Å². The summed E-state index contributed by atoms with van der Waals surface area (Å²) in [6.07, 6.45) is 0. The smallest absolute Gasteiger partial charge is 0.318 e. The van der Waals surface area contributed by atoms with Gasteiger partial charge in [-0.05, 0) is 0 Å². The van der Waals surface area contributed by atoms with Crippen molar-refractivity contribution in [2.75, 3.05) is 6.67 Å². The van der Waals surface area contributed by atoms with Gasteiger partial charge in [0, 0.05) is 0 Å². The molecule has 4 N–H and O–H groups in total. The van der Waals surface area contributed by atoms with E-state index in [4.69, 9.17) is 4.55 Å². The summed E-state index contributed by atoms with van der Waals surface area (Å²) in [6, 6.07) is 0. The molecule has 0 aromatic rings. The van der Waals surface area contributed by atoms with Gasteiger partial charge in [0.25, 0.3) is 0 Å². The number of hydrogen-bond donors (Lipinski definition) is 3. The molecule has 0 saturated heterocycles. The third-order valence-corrected chi connectivity index (χ3v) is 0.797. The second-order valence-electron chi connectivity index (χ2n) is 0.824. The van der Waals surface area contributed by atoms with E-state index >= 15 is 0 Å². The third-order valence-electron chi connectivity index (χ3n) is 0.266. The molecule has 0 aliphatic heterocycles. The van der Waals surface area contributed by atoms with Gasteiger partial charge in [0.2, 0.25) is 0 Å². The fourth-order valence-electron chi connectivity index (χ4n) is 0.105. The lowest BCUT2D eigenvalue weighted by molar-refractivity contribution is 0.469. The maximum atomic E-state index is 9.60. The van der Waals surface area contributed by atoms with Crippen molar-refractivity contribution in [2.45, 2.75) is 0 Å². The van der Waals surface area contributed by atoms with Crippen LogP contribution in [0.2, 0.25) is 0 Å². The van der Waals surface area contributed by atoms with E-state index in [0.717, 1.165) is 0 Å². The number of nitrogens with two attached hydrogens (primary N) is 1. The molecule has 0 fully saturated rings. The summed E-state index contributed by atoms with van der Waals surface area (Å²) in [4.78, 5) is 0. The highest BCUT2D eigenvalue weighted by Crippen LogP contribution is 1.63. The van der Waals surface area contributed by atoms with E-state index in [2.05, 4.69) is 5.73 Å². The van der Waals surface area contributed by atoms with Crippen molar-refractivity contribution < 1.29 is 13.0 Å². The molecule has 0 rings (SSSR count). The predicted octanol–water partition coefficient (Wildman–Crippen LogP) is -1.70. The van der Waals surface area contributed by atoms with Crippen LogP contribution in [-0.2, 0) is 10.3 Å². The van der Waals surface area contributed by atoms with Crippen molar-refractivity contribution in [1.29, 1.82) is 0 Å². The first-order valence-electron chi connectivity index (χ1n) is 1.48. The average molecular weight is 126 g/mol. The van der Waals surface area contributed by atoms with E-state index < -0.39 is 10.3 Å². The van der Waals surface area contributed by atoms with Crippen LogP contribution in [0.1, 0.15) is 0 Å². The van der Waals surface area contributed by atoms with Crippen molar-refractivity contribution in [3.05, 3.63) is 0 Å². The molecular formula is CH6N2O3S. The number of rotatable bonds is 2. The summed E-state index contributed by atoms with van der Waals surface area (Å²) in [5, 5.41) is 0. The van der Waals surface area contributed by atoms with Gasteiger partial charge in [-0.15, -0.1) is 0 Å². The van der Waals surface area contributed by atoms with Gasteiger partial charge >= 0.3 is 10.3 Å². The Morgan fingerprint density at radius 1 is 1.71 bits per heavy atom. The van der Waals surface area contributed by atoms with E-state index in [1.165, 1.54) is 0 Å². The van der Waals surface area contributed by atoms with Gasteiger partial charge < -0.3 is 5.73 Å². The summed E-state index contributed by atoms with van der Waals surface area (Å²) in [5.74, 6) is 0. The van der Waals surface area contributed by atoms with Crippen LogP contribution in [0.3, 0.4) is 0 Å². The molecule has 6 heteroatoms. The topological polar surface area (TPSA) is 92.4 Å². The summed E-state index contributed by atoms with van der Waals surface area (Å²) in [5.41, 5.74) is 4.66. The highest BCUT2D eigenvalue weighted by Gasteiger charge is 1.95. The van der Waals surface area contributed by atoms with Crippen LogP contribution in [0.5, 0.6) is 0 Å². The zero-order valence-corrected chi connectivity index (χ0v) is 4.27. The van der Waals surface area contributed by atoms with Gasteiger partial charge in [-0.1, -0.05) is 0 Å². The van der Waals surface area contributed by atoms with Crippen molar-refractivity contribution in [3.63, 3.8) is 0 Å². The minimum absolute atomic E-state index is 0.279. The first-order valence-corrected chi connectivity index (χ1v) is 2.92. The van der Waals surface area contributed by atoms with Crippen molar-refractivity contribution in [2.24, 2.45) is 5.73 Å². The number of nitrogens with one attached hydrogen (secondary N) is 1. The Bertz CT molecular complexity index is 126. The number of hydrogen-bond acceptors (Lipinski definition) is 3. The largest absolute Gasteiger partial charge is 0.334 e. The van der Waals surface area contributed by atoms with Crippen LogP contribution in [0, 0.1) is 0 Å². The molecular weight excluding hydrogens is 120 g/mol. The van der Waals surface area contributed by atoms with E-state index in [9.17, 15) is 8.42 Å². The SMILES string of the molecule is NCNS(=O)(=O)O. The van der Waals surface area contributed by atoms with Crippen molar-refractivity contribution in [3.8, 4) is 0 Å². The Labute approximate surface area is 41.4 Å². The monoisotopic (exact) mass is 126 g/mol. The van der Waals surface area contributed by atoms with Crippen molar-refractivity contribution >= 4 is 10.3 Å². The van der Waals surface area contributed by atoms with Crippen molar-refractivity contribution in [1.82, 2.24) is 4.72 Å². The summed E-state index contributed by atoms with van der Waals surface area (Å²) < 4.78 is 28.6. The highest BCUT2D eigenvalue weighted by molar-refractivity contribution is 7.83. The van der Waals surface area contributed by atoms with Crippen LogP contribution < -0.4 is 10.5 Å². The van der Waals surface area contributed by atoms with Gasteiger partial charge in [-0.2, -0.15) is 13.1 Å². The second kappa shape index (κ2) is 2.22. The minimum atomic E-state index is -4.05. The molecule has 0 aromatic carbocycles. The van der Waals surface area contributed by atoms with Gasteiger partial charge in [-0.3, -0.25) is 4.55 Å². The quantitative estimate of drug-likeness (QED) is 0.303. The lowest BCUT2D eigenvalue weighted by Crippen LogP contribution is -2.28. The fourth-order valence-corrected chi connectivity index (χ4v) is 0.316. The lowest BCUT2D eigenvalue weighted by atomic mass is 11.3. The predicted molar refractivity (Wildman–Crippen MR) is 23.7 cm³/mol. The van der Waals surface area contributed by atoms with E-state index in [0.29, 0.717) is 0 Å². The fraction of sp³-hybridized carbons (Fsp3) is 1.00. The molecule has 0 unspecified atom stereocenters. The van der Waals surface area contributed by atoms with E-state index in [1.807, 2.05) is 0 Å². The summed E-state index contributed by atoms with van der Waals surface area (Å²) >= 11 is 0. The molecule has 0 heterocycles. The van der Waals surface area contributed by atoms with Crippen LogP contribution in [0.25, 0.3) is 0 Å². The molecule has 0 radical (unpaired) electrons. The molecule has 0 saturated carbocycles. The Hall–Kier alpha value is -0.170. The molecule has 0 bridgehead atoms. The highest BCUT2D eigenvalue weighted by atomic mass is 32.2. The van der Waals surface area contributed by atoms with Crippen LogP contribution >= 0.6 is 0 Å². The zero-order chi connectivity index (χ0) is 5.91. The molecule has 5 nitrogen and oxygen atoms in total. The molecule has 0 atom stereocenters.